The fraction of sp³-hybridized carbons (Fsp3) is 0.200. The van der Waals surface area contributed by atoms with Gasteiger partial charge in [0.2, 0.25) is 11.8 Å². The first-order valence-electron chi connectivity index (χ1n) is 4.89. The second kappa shape index (κ2) is 3.13. The molecule has 6 nitrogen and oxygen atoms in total. The van der Waals surface area contributed by atoms with Crippen LogP contribution in [0.1, 0.15) is 17.9 Å². The van der Waals surface area contributed by atoms with Gasteiger partial charge in [0, 0.05) is 6.42 Å². The Kier molecular flexibility index (Phi) is 1.76. The van der Waals surface area contributed by atoms with Gasteiger partial charge in [0.1, 0.15) is 11.0 Å². The molecule has 2 N–H and O–H groups in total. The largest absolute Gasteiger partial charge is 0.296 e. The van der Waals surface area contributed by atoms with Crippen LogP contribution >= 0.6 is 0 Å². The Morgan fingerprint density at radius 2 is 2.12 bits per heavy atom. The number of carbonyl (C=O) groups excluding carboxylic acids is 2. The average molecular weight is 216 g/mol. The Hall–Kier alpha value is -2.24. The molecule has 1 unspecified atom stereocenters. The van der Waals surface area contributed by atoms with Crippen LogP contribution in [-0.2, 0) is 9.59 Å². The van der Waals surface area contributed by atoms with E-state index in [2.05, 4.69) is 20.7 Å². The van der Waals surface area contributed by atoms with E-state index < -0.39 is 5.92 Å². The summed E-state index contributed by atoms with van der Waals surface area (Å²) in [5, 5.41) is 12.7. The predicted octanol–water partition coefficient (Wildman–Crippen LogP) is 0.0880. The van der Waals surface area contributed by atoms with Crippen molar-refractivity contribution >= 4 is 22.8 Å². The molecular formula is C10H8N4O2. The third-order valence-electron chi connectivity index (χ3n) is 2.72. The molecule has 2 aromatic rings. The molecule has 1 aliphatic rings. The summed E-state index contributed by atoms with van der Waals surface area (Å²) in [6, 6.07) is 5.40. The number of carbonyl (C=O) groups is 2. The van der Waals surface area contributed by atoms with Crippen molar-refractivity contribution in [1.82, 2.24) is 20.7 Å². The van der Waals surface area contributed by atoms with Gasteiger partial charge in [-0.15, -0.1) is 0 Å². The second-order valence-corrected chi connectivity index (χ2v) is 3.71. The number of fused-ring (bicyclic) bond motifs is 1. The van der Waals surface area contributed by atoms with Crippen molar-refractivity contribution in [3.8, 4) is 0 Å². The molecule has 1 saturated heterocycles. The van der Waals surface area contributed by atoms with Crippen LogP contribution in [0.3, 0.4) is 0 Å². The quantitative estimate of drug-likeness (QED) is 0.661. The van der Waals surface area contributed by atoms with Gasteiger partial charge in [-0.2, -0.15) is 15.4 Å². The van der Waals surface area contributed by atoms with E-state index in [0.29, 0.717) is 11.0 Å². The first-order valence-corrected chi connectivity index (χ1v) is 4.89. The summed E-state index contributed by atoms with van der Waals surface area (Å²) in [7, 11) is 0. The summed E-state index contributed by atoms with van der Waals surface area (Å²) in [6.45, 7) is 0. The number of aromatic amines is 1. The smallest absolute Gasteiger partial charge is 0.234 e. The monoisotopic (exact) mass is 216 g/mol. The summed E-state index contributed by atoms with van der Waals surface area (Å²) >= 11 is 0. The number of nitrogens with one attached hydrogen (secondary N) is 2. The van der Waals surface area contributed by atoms with E-state index in [1.54, 1.807) is 18.2 Å². The minimum atomic E-state index is -0.443. The van der Waals surface area contributed by atoms with Crippen molar-refractivity contribution in [1.29, 1.82) is 0 Å². The zero-order valence-corrected chi connectivity index (χ0v) is 8.23. The average Bonchev–Trinajstić information content (AvgIpc) is 2.84. The lowest BCUT2D eigenvalue weighted by Crippen LogP contribution is -2.21. The fourth-order valence-electron chi connectivity index (χ4n) is 1.98. The normalized spacial score (nSPS) is 20.4. The summed E-state index contributed by atoms with van der Waals surface area (Å²) in [4.78, 5) is 22.7. The Morgan fingerprint density at radius 3 is 2.88 bits per heavy atom. The first-order chi connectivity index (χ1) is 7.75. The lowest BCUT2D eigenvalue weighted by atomic mass is 9.96. The van der Waals surface area contributed by atoms with Gasteiger partial charge in [0.05, 0.1) is 5.92 Å². The Morgan fingerprint density at radius 1 is 1.25 bits per heavy atom. The number of nitrogens with zero attached hydrogens (tertiary/aromatic N) is 2. The van der Waals surface area contributed by atoms with Gasteiger partial charge in [-0.1, -0.05) is 12.1 Å². The fourth-order valence-corrected chi connectivity index (χ4v) is 1.98. The number of hydrogen-bond donors (Lipinski definition) is 2. The van der Waals surface area contributed by atoms with Crippen molar-refractivity contribution in [3.05, 3.63) is 23.8 Å². The van der Waals surface area contributed by atoms with Crippen LogP contribution in [0.5, 0.6) is 0 Å². The highest BCUT2D eigenvalue weighted by Gasteiger charge is 2.33. The zero-order valence-electron chi connectivity index (χ0n) is 8.23. The molecule has 80 valence electrons. The Bertz CT molecular complexity index is 589. The summed E-state index contributed by atoms with van der Waals surface area (Å²) in [6.07, 6.45) is 0.185. The van der Waals surface area contributed by atoms with Crippen LogP contribution in [0.15, 0.2) is 18.2 Å². The molecule has 1 atom stereocenters. The highest BCUT2D eigenvalue weighted by molar-refractivity contribution is 6.07. The minimum Gasteiger partial charge on any atom is -0.296 e. The van der Waals surface area contributed by atoms with E-state index in [-0.39, 0.29) is 18.2 Å². The van der Waals surface area contributed by atoms with Gasteiger partial charge in [-0.25, -0.2) is 0 Å². The van der Waals surface area contributed by atoms with Crippen molar-refractivity contribution in [3.63, 3.8) is 0 Å². The van der Waals surface area contributed by atoms with E-state index in [9.17, 15) is 9.59 Å². The first kappa shape index (κ1) is 9.02. The predicted molar refractivity (Wildman–Crippen MR) is 54.4 cm³/mol. The third-order valence-corrected chi connectivity index (χ3v) is 2.72. The standard InChI is InChI=1S/C10H8N4O2/c15-8-4-6(10(16)11-8)5-2-1-3-7-9(5)13-14-12-7/h1-3,6H,4H2,(H,11,15,16)(H,12,13,14). The lowest BCUT2D eigenvalue weighted by molar-refractivity contribution is -0.125. The van der Waals surface area contributed by atoms with Gasteiger partial charge >= 0.3 is 0 Å². The van der Waals surface area contributed by atoms with Crippen LogP contribution in [0.4, 0.5) is 0 Å². The SMILES string of the molecule is O=C1CC(c2cccc3n[nH]nc23)C(=O)N1. The zero-order chi connectivity index (χ0) is 11.1. The van der Waals surface area contributed by atoms with Crippen molar-refractivity contribution in [2.75, 3.05) is 0 Å². The van der Waals surface area contributed by atoms with E-state index in [0.717, 1.165) is 5.56 Å². The number of hydrogen-bond acceptors (Lipinski definition) is 4. The number of amides is 2. The van der Waals surface area contributed by atoms with E-state index in [4.69, 9.17) is 0 Å². The molecule has 0 radical (unpaired) electrons. The number of rotatable bonds is 1. The Labute approximate surface area is 90.0 Å². The molecule has 0 saturated carbocycles. The molecule has 16 heavy (non-hydrogen) atoms. The molecular weight excluding hydrogens is 208 g/mol. The summed E-state index contributed by atoms with van der Waals surface area (Å²) in [5.74, 6) is -0.947. The van der Waals surface area contributed by atoms with Gasteiger partial charge in [0.15, 0.2) is 0 Å². The highest BCUT2D eigenvalue weighted by atomic mass is 16.2. The van der Waals surface area contributed by atoms with Crippen LogP contribution in [0.2, 0.25) is 0 Å². The summed E-state index contributed by atoms with van der Waals surface area (Å²) < 4.78 is 0. The second-order valence-electron chi connectivity index (χ2n) is 3.71. The van der Waals surface area contributed by atoms with Crippen molar-refractivity contribution < 1.29 is 9.59 Å². The van der Waals surface area contributed by atoms with Crippen molar-refractivity contribution in [2.24, 2.45) is 0 Å². The van der Waals surface area contributed by atoms with E-state index in [1.165, 1.54) is 0 Å². The third kappa shape index (κ3) is 1.19. The highest BCUT2D eigenvalue weighted by Crippen LogP contribution is 2.28. The lowest BCUT2D eigenvalue weighted by Gasteiger charge is -2.05. The number of aromatic nitrogens is 3. The molecule has 2 amide bonds. The Balaban J connectivity index is 2.15. The molecule has 0 spiro atoms. The van der Waals surface area contributed by atoms with Gasteiger partial charge in [0.25, 0.3) is 0 Å². The minimum absolute atomic E-state index is 0.185. The molecule has 1 aromatic carbocycles. The topological polar surface area (TPSA) is 87.7 Å². The van der Waals surface area contributed by atoms with Crippen LogP contribution in [-0.4, -0.2) is 27.2 Å². The number of imide groups is 1. The molecule has 3 rings (SSSR count). The molecule has 1 aromatic heterocycles. The molecule has 0 aliphatic carbocycles. The maximum absolute atomic E-state index is 11.6. The molecule has 0 bridgehead atoms. The van der Waals surface area contributed by atoms with Crippen LogP contribution in [0, 0.1) is 0 Å². The molecule has 1 aliphatic heterocycles. The van der Waals surface area contributed by atoms with Gasteiger partial charge in [-0.3, -0.25) is 14.9 Å². The number of para-hydroxylation sites is 1. The van der Waals surface area contributed by atoms with Crippen LogP contribution < -0.4 is 5.32 Å². The molecule has 2 heterocycles. The van der Waals surface area contributed by atoms with Crippen LogP contribution in [0.25, 0.3) is 11.0 Å². The summed E-state index contributed by atoms with van der Waals surface area (Å²) in [5.41, 5.74) is 2.09. The molecule has 1 fully saturated rings. The number of benzene rings is 1. The van der Waals surface area contributed by atoms with E-state index >= 15 is 0 Å². The van der Waals surface area contributed by atoms with Gasteiger partial charge in [-0.05, 0) is 11.6 Å². The number of H-pyrrole nitrogens is 1. The van der Waals surface area contributed by atoms with E-state index in [1.807, 2.05) is 0 Å². The maximum atomic E-state index is 11.6. The van der Waals surface area contributed by atoms with Gasteiger partial charge < -0.3 is 0 Å². The maximum Gasteiger partial charge on any atom is 0.234 e. The van der Waals surface area contributed by atoms with Crippen molar-refractivity contribution in [2.45, 2.75) is 12.3 Å². The molecule has 6 heteroatoms.